The van der Waals surface area contributed by atoms with E-state index >= 15 is 0 Å². The molecule has 0 aliphatic rings. The molecule has 2 atom stereocenters. The Morgan fingerprint density at radius 2 is 1.47 bits per heavy atom. The van der Waals surface area contributed by atoms with Crippen molar-refractivity contribution < 1.29 is 98.5 Å². The number of amides is 2. The van der Waals surface area contributed by atoms with Crippen molar-refractivity contribution in [2.45, 2.75) is 0 Å². The van der Waals surface area contributed by atoms with Gasteiger partial charge in [0.2, 0.25) is 12.2 Å². The molecule has 3 aromatic carbocycles. The Morgan fingerprint density at radius 1 is 0.878 bits per heavy atom. The first-order valence-electron chi connectivity index (χ1n) is 13.0. The van der Waals surface area contributed by atoms with E-state index < -0.39 is 12.2 Å². The van der Waals surface area contributed by atoms with Crippen molar-refractivity contribution in [2.24, 2.45) is 0 Å². The first-order chi connectivity index (χ1) is 22.2. The minimum absolute atomic E-state index is 0. The van der Waals surface area contributed by atoms with Crippen LogP contribution in [0.4, 0.5) is 9.59 Å². The second-order valence-electron chi connectivity index (χ2n) is 9.05. The molecule has 49 heavy (non-hydrogen) atoms. The number of ether oxygens (including phenoxy) is 2. The molecule has 0 bridgehead atoms. The SMILES string of the molecule is COC([NH-])=O.COC([NH-])=O.[CH2-]c1c(-c2[c-]nc(P[C-]=O)[nH]2)ccc2cc(-c3ccc4cc(-c5cnc(P[C-]=O)[nH]5)sc4c3)ccc12.[V+2].[V+2].[Y]. The Morgan fingerprint density at radius 3 is 2.10 bits per heavy atom. The Kier molecular flexibility index (Phi) is 19.3. The summed E-state index contributed by atoms with van der Waals surface area (Å²) in [5, 5.41) is 3.30. The van der Waals surface area contributed by atoms with Crippen LogP contribution in [-0.2, 0) is 88.9 Å². The minimum atomic E-state index is -0.995. The van der Waals surface area contributed by atoms with Crippen molar-refractivity contribution in [1.82, 2.24) is 19.9 Å². The van der Waals surface area contributed by atoms with Crippen LogP contribution in [0.1, 0.15) is 5.56 Å². The number of rotatable bonds is 7. The van der Waals surface area contributed by atoms with E-state index in [-0.39, 0.29) is 87.0 Å². The summed E-state index contributed by atoms with van der Waals surface area (Å²) < 4.78 is 8.73. The van der Waals surface area contributed by atoms with Crippen molar-refractivity contribution in [3.05, 3.63) is 90.9 Å². The molecule has 0 saturated heterocycles. The Bertz CT molecular complexity index is 2030. The van der Waals surface area contributed by atoms with Gasteiger partial charge in [-0.15, -0.1) is 34.4 Å². The number of nitrogens with one attached hydrogen (secondary N) is 4. The summed E-state index contributed by atoms with van der Waals surface area (Å²) in [6.07, 6.45) is 2.72. The molecule has 0 aliphatic heterocycles. The molecule has 12 nitrogen and oxygen atoms in total. The quantitative estimate of drug-likeness (QED) is 0.129. The van der Waals surface area contributed by atoms with E-state index in [9.17, 15) is 19.2 Å². The molecular weight excluding hydrogens is 837 g/mol. The maximum Gasteiger partial charge on any atom is 2.00 e. The second kappa shape index (κ2) is 21.4. The molecular formula is C31H24N6O6P2SV2Y-2. The van der Waals surface area contributed by atoms with Crippen LogP contribution in [-0.4, -0.2) is 58.4 Å². The third-order valence-corrected chi connectivity index (χ3v) is 8.63. The first kappa shape index (κ1) is 44.2. The van der Waals surface area contributed by atoms with Crippen LogP contribution in [0.25, 0.3) is 65.3 Å². The fourth-order valence-electron chi connectivity index (χ4n) is 4.23. The van der Waals surface area contributed by atoms with Crippen LogP contribution in [0.15, 0.2) is 60.8 Å². The molecule has 3 aromatic heterocycles. The topological polar surface area (TPSA) is 192 Å². The van der Waals surface area contributed by atoms with Crippen LogP contribution >= 0.6 is 28.5 Å². The van der Waals surface area contributed by atoms with E-state index in [1.165, 1.54) is 4.70 Å². The summed E-state index contributed by atoms with van der Waals surface area (Å²) in [7, 11) is 2.09. The molecule has 3 heterocycles. The van der Waals surface area contributed by atoms with Gasteiger partial charge < -0.3 is 45.5 Å². The zero-order chi connectivity index (χ0) is 33.2. The van der Waals surface area contributed by atoms with Crippen molar-refractivity contribution in [3.8, 4) is 33.0 Å². The Labute approximate surface area is 338 Å². The monoisotopic (exact) mass is 861 g/mol. The molecule has 0 spiro atoms. The van der Waals surface area contributed by atoms with Gasteiger partial charge in [0.15, 0.2) is 0 Å². The van der Waals surface area contributed by atoms with Gasteiger partial charge in [0.25, 0.3) is 0 Å². The summed E-state index contributed by atoms with van der Waals surface area (Å²) in [6, 6.07) is 22.8. The third kappa shape index (κ3) is 11.9. The normalized spacial score (nSPS) is 10.2. The van der Waals surface area contributed by atoms with Gasteiger partial charge in [0.05, 0.1) is 36.6 Å². The number of H-pyrrole nitrogens is 2. The second-order valence-corrected chi connectivity index (χ2v) is 12.0. The van der Waals surface area contributed by atoms with Crippen LogP contribution in [0.2, 0.25) is 0 Å². The number of methoxy groups -OCH3 is 2. The van der Waals surface area contributed by atoms with E-state index in [4.69, 9.17) is 11.5 Å². The standard InChI is InChI=1S/C27H16N4O2P2S.2C2H5NO2.2V.Y/c1-15-20-6-4-16(8-18(20)5-7-21(15)22-11-28-26(30-22)34-13-32)17-2-3-19-10-25(36-24(19)9-17)23-12-29-27(31-23)35-14-33;2*1-5-2(3)4;;;/h2-10,12,34-35H,1H2,(H,28,30)(H,29,31);2*1H3,(H2,3,4);;;/q-4;;;2*+2;/p-2. The van der Waals surface area contributed by atoms with Crippen LogP contribution in [0.5, 0.6) is 0 Å². The maximum absolute atomic E-state index is 10.7. The number of carbonyl (C=O) groups is 2. The maximum atomic E-state index is 10.7. The fraction of sp³-hybridized carbons (Fsp3) is 0.0645. The Balaban J connectivity index is 0.000000817. The summed E-state index contributed by atoms with van der Waals surface area (Å²) >= 11 is 1.69. The number of hydrogen-bond acceptors (Lipinski definition) is 9. The average Bonchev–Trinajstić information content (AvgIpc) is 3.82. The number of hydrogen-bond donors (Lipinski definition) is 2. The number of fused-ring (bicyclic) bond motifs is 2. The molecule has 0 aliphatic carbocycles. The molecule has 0 fully saturated rings. The van der Waals surface area contributed by atoms with Crippen molar-refractivity contribution in [1.29, 1.82) is 0 Å². The van der Waals surface area contributed by atoms with E-state index in [2.05, 4.69) is 91.1 Å². The van der Waals surface area contributed by atoms with Crippen molar-refractivity contribution in [3.63, 3.8) is 0 Å². The summed E-state index contributed by atoms with van der Waals surface area (Å²) in [5.74, 6) is 0. The number of benzene rings is 3. The molecule has 6 rings (SSSR count). The van der Waals surface area contributed by atoms with Crippen LogP contribution in [0.3, 0.4) is 0 Å². The van der Waals surface area contributed by atoms with Gasteiger partial charge in [-0.2, -0.15) is 21.1 Å². The van der Waals surface area contributed by atoms with Gasteiger partial charge in [-0.25, -0.2) is 25.6 Å². The number of aromatic amines is 2. The van der Waals surface area contributed by atoms with Crippen LogP contribution < -0.4 is 11.1 Å². The summed E-state index contributed by atoms with van der Waals surface area (Å²) in [4.78, 5) is 55.6. The third-order valence-electron chi connectivity index (χ3n) is 6.33. The predicted octanol–water partition coefficient (Wildman–Crippen LogP) is 6.83. The minimum Gasteiger partial charge on any atom is -0.632 e. The molecule has 6 aromatic rings. The summed E-state index contributed by atoms with van der Waals surface area (Å²) in [5.41, 5.74) is 18.8. The van der Waals surface area contributed by atoms with E-state index in [1.807, 2.05) is 18.1 Å². The molecule has 4 N–H and O–H groups in total. The fourth-order valence-corrected chi connectivity index (χ4v) is 6.12. The van der Waals surface area contributed by atoms with Gasteiger partial charge in [0.1, 0.15) is 0 Å². The van der Waals surface area contributed by atoms with Gasteiger partial charge in [-0.05, 0) is 34.2 Å². The van der Waals surface area contributed by atoms with Gasteiger partial charge >= 0.3 is 37.1 Å². The van der Waals surface area contributed by atoms with Crippen molar-refractivity contribution >= 4 is 84.7 Å². The van der Waals surface area contributed by atoms with Gasteiger partial charge in [-0.1, -0.05) is 47.6 Å². The first-order valence-corrected chi connectivity index (χ1v) is 15.8. The largest absolute Gasteiger partial charge is 2.00 e. The Hall–Kier alpha value is -2.82. The molecule has 3 radical (unpaired) electrons. The number of thiophene rings is 1. The molecule has 0 saturated carbocycles. The predicted molar refractivity (Wildman–Crippen MR) is 184 cm³/mol. The molecule has 245 valence electrons. The molecule has 2 unspecified atom stereocenters. The zero-order valence-electron chi connectivity index (χ0n) is 25.7. The van der Waals surface area contributed by atoms with E-state index in [1.54, 1.807) is 17.5 Å². The van der Waals surface area contributed by atoms with Gasteiger partial charge in [-0.3, -0.25) is 9.59 Å². The van der Waals surface area contributed by atoms with Gasteiger partial charge in [0, 0.05) is 37.4 Å². The number of nitrogens with zero attached hydrogens (tertiary/aromatic N) is 2. The number of imidazole rings is 2. The van der Waals surface area contributed by atoms with E-state index in [0.29, 0.717) is 11.1 Å². The smallest absolute Gasteiger partial charge is 0.632 e. The molecule has 2 amide bonds. The average molecular weight is 861 g/mol. The van der Waals surface area contributed by atoms with E-state index in [0.717, 1.165) is 68.9 Å². The van der Waals surface area contributed by atoms with Crippen molar-refractivity contribution in [2.75, 3.05) is 14.2 Å². The number of aromatic nitrogens is 4. The number of carbonyl (C=O) groups excluding carboxylic acids is 4. The summed E-state index contributed by atoms with van der Waals surface area (Å²) in [6.45, 7) is 4.30. The van der Waals surface area contributed by atoms with Crippen LogP contribution in [0, 0.1) is 13.1 Å². The molecule has 18 heteroatoms. The zero-order valence-corrected chi connectivity index (χ0v) is 34.2.